The second kappa shape index (κ2) is 3.85. The Morgan fingerprint density at radius 1 is 1.45 bits per heavy atom. The zero-order chi connectivity index (χ0) is 14.8. The Morgan fingerprint density at radius 2 is 2.10 bits per heavy atom. The minimum atomic E-state index is -0.737. The van der Waals surface area contributed by atoms with E-state index in [1.54, 1.807) is 16.5 Å². The fourth-order valence-electron chi connectivity index (χ4n) is 3.50. The topological polar surface area (TPSA) is 71.8 Å². The minimum absolute atomic E-state index is 0.0535. The molecule has 0 saturated carbocycles. The Bertz CT molecular complexity index is 666. The highest BCUT2D eigenvalue weighted by atomic mass is 16.5. The summed E-state index contributed by atoms with van der Waals surface area (Å²) >= 11 is 0. The lowest BCUT2D eigenvalue weighted by Gasteiger charge is -2.45. The van der Waals surface area contributed by atoms with Gasteiger partial charge in [0.15, 0.2) is 11.4 Å². The van der Waals surface area contributed by atoms with Gasteiger partial charge in [-0.05, 0) is 13.8 Å². The van der Waals surface area contributed by atoms with E-state index in [1.165, 1.54) is 13.2 Å². The van der Waals surface area contributed by atoms with Crippen LogP contribution in [0.25, 0.3) is 0 Å². The highest BCUT2D eigenvalue weighted by molar-refractivity contribution is 5.96. The van der Waals surface area contributed by atoms with Crippen molar-refractivity contribution in [2.75, 3.05) is 14.2 Å². The first-order valence-corrected chi connectivity index (χ1v) is 6.62. The van der Waals surface area contributed by atoms with Crippen LogP contribution >= 0.6 is 0 Å². The van der Waals surface area contributed by atoms with Gasteiger partial charge in [0.05, 0.1) is 30.5 Å². The number of nitrogens with zero attached hydrogens (tertiary/aromatic N) is 2. The normalized spacial score (nSPS) is 31.4. The molecule has 6 heteroatoms. The van der Waals surface area contributed by atoms with Crippen molar-refractivity contribution >= 4 is 5.91 Å². The number of hydrogen-bond donors (Lipinski definition) is 1. The molecule has 0 radical (unpaired) electrons. The summed E-state index contributed by atoms with van der Waals surface area (Å²) in [7, 11) is 3.09. The minimum Gasteiger partial charge on any atom is -0.491 e. The number of carbonyl (C=O) groups is 1. The number of carbonyl (C=O) groups excluding carboxylic acids is 1. The van der Waals surface area contributed by atoms with Crippen molar-refractivity contribution in [2.45, 2.75) is 38.0 Å². The summed E-state index contributed by atoms with van der Waals surface area (Å²) < 4.78 is 6.94. The van der Waals surface area contributed by atoms with Crippen molar-refractivity contribution in [1.29, 1.82) is 0 Å². The Hall–Kier alpha value is -1.82. The Labute approximate surface area is 116 Å². The molecule has 3 rings (SSSR count). The Kier molecular flexibility index (Phi) is 2.54. The lowest BCUT2D eigenvalue weighted by Crippen LogP contribution is -2.56. The maximum Gasteiger partial charge on any atom is 0.274 e. The number of methoxy groups -OCH3 is 1. The van der Waals surface area contributed by atoms with Crippen LogP contribution in [-0.4, -0.2) is 40.7 Å². The van der Waals surface area contributed by atoms with Gasteiger partial charge in [-0.25, -0.2) is 0 Å². The number of rotatable bonds is 1. The number of pyridine rings is 1. The average Bonchev–Trinajstić information content (AvgIpc) is 2.66. The quantitative estimate of drug-likeness (QED) is 0.811. The number of aromatic nitrogens is 1. The van der Waals surface area contributed by atoms with Crippen molar-refractivity contribution in [3.63, 3.8) is 0 Å². The van der Waals surface area contributed by atoms with E-state index in [9.17, 15) is 14.7 Å². The molecule has 0 aromatic carbocycles. The van der Waals surface area contributed by atoms with Gasteiger partial charge in [-0.1, -0.05) is 0 Å². The van der Waals surface area contributed by atoms with Gasteiger partial charge < -0.3 is 19.3 Å². The van der Waals surface area contributed by atoms with E-state index in [4.69, 9.17) is 4.74 Å². The first kappa shape index (κ1) is 13.2. The van der Waals surface area contributed by atoms with E-state index in [1.807, 2.05) is 13.8 Å². The van der Waals surface area contributed by atoms with Crippen LogP contribution in [0.5, 0.6) is 5.75 Å². The molecule has 0 spiro atoms. The van der Waals surface area contributed by atoms with Crippen molar-refractivity contribution in [3.8, 4) is 5.75 Å². The van der Waals surface area contributed by atoms with Crippen LogP contribution in [-0.2, 0) is 5.54 Å². The van der Waals surface area contributed by atoms with E-state index in [-0.39, 0.29) is 28.8 Å². The van der Waals surface area contributed by atoms with E-state index < -0.39 is 11.6 Å². The van der Waals surface area contributed by atoms with Crippen molar-refractivity contribution in [1.82, 2.24) is 9.47 Å². The van der Waals surface area contributed by atoms with Gasteiger partial charge in [-0.3, -0.25) is 9.59 Å². The first-order valence-electron chi connectivity index (χ1n) is 6.62. The molecule has 0 aliphatic carbocycles. The van der Waals surface area contributed by atoms with Gasteiger partial charge >= 0.3 is 0 Å². The lowest BCUT2D eigenvalue weighted by molar-refractivity contribution is 0.0410. The monoisotopic (exact) mass is 278 g/mol. The first-order chi connectivity index (χ1) is 9.32. The highest BCUT2D eigenvalue weighted by Crippen LogP contribution is 2.47. The van der Waals surface area contributed by atoms with E-state index >= 15 is 0 Å². The molecular formula is C14H18N2O4. The van der Waals surface area contributed by atoms with Crippen LogP contribution in [0.3, 0.4) is 0 Å². The van der Waals surface area contributed by atoms with Crippen LogP contribution < -0.4 is 10.2 Å². The summed E-state index contributed by atoms with van der Waals surface area (Å²) in [5.41, 5.74) is -0.0575. The third-order valence-electron chi connectivity index (χ3n) is 4.87. The van der Waals surface area contributed by atoms with Crippen molar-refractivity contribution in [2.24, 2.45) is 0 Å². The van der Waals surface area contributed by atoms with Crippen LogP contribution in [0.15, 0.2) is 10.9 Å². The lowest BCUT2D eigenvalue weighted by atomic mass is 9.87. The summed E-state index contributed by atoms with van der Waals surface area (Å²) in [5.74, 6) is -0.197. The molecular weight excluding hydrogens is 260 g/mol. The van der Waals surface area contributed by atoms with Crippen molar-refractivity contribution in [3.05, 3.63) is 27.7 Å². The molecule has 108 valence electrons. The second-order valence-electron chi connectivity index (χ2n) is 5.82. The third-order valence-corrected chi connectivity index (χ3v) is 4.87. The summed E-state index contributed by atoms with van der Waals surface area (Å²) in [4.78, 5) is 26.2. The van der Waals surface area contributed by atoms with Gasteiger partial charge in [-0.2, -0.15) is 0 Å². The third kappa shape index (κ3) is 1.32. The molecule has 3 atom stereocenters. The van der Waals surface area contributed by atoms with E-state index in [0.29, 0.717) is 12.1 Å². The standard InChI is InChI=1S/C14H18N2O4/c1-7-14(2)6-10(18)8-5-9(17)12(20-4)11(16(8)14)13(19)15(7)3/h5,7,10,18H,6H2,1-4H3. The van der Waals surface area contributed by atoms with Gasteiger partial charge in [0.1, 0.15) is 0 Å². The summed E-state index contributed by atoms with van der Waals surface area (Å²) in [6, 6.07) is 1.30. The fourth-order valence-corrected chi connectivity index (χ4v) is 3.50. The van der Waals surface area contributed by atoms with Gasteiger partial charge in [0.25, 0.3) is 5.91 Å². The average molecular weight is 278 g/mol. The van der Waals surface area contributed by atoms with Crippen LogP contribution in [0.4, 0.5) is 0 Å². The fraction of sp³-hybridized carbons (Fsp3) is 0.571. The van der Waals surface area contributed by atoms with Crippen LogP contribution in [0.2, 0.25) is 0 Å². The van der Waals surface area contributed by atoms with Crippen LogP contribution in [0.1, 0.15) is 42.6 Å². The van der Waals surface area contributed by atoms with Gasteiger partial charge in [-0.15, -0.1) is 0 Å². The number of aliphatic hydroxyl groups is 1. The van der Waals surface area contributed by atoms with Gasteiger partial charge in [0, 0.05) is 19.5 Å². The molecule has 6 nitrogen and oxygen atoms in total. The molecule has 1 aromatic rings. The summed E-state index contributed by atoms with van der Waals surface area (Å²) in [6.07, 6.45) is -0.259. The molecule has 0 fully saturated rings. The maximum atomic E-state index is 12.5. The predicted octanol–water partition coefficient (Wildman–Crippen LogP) is 0.483. The highest BCUT2D eigenvalue weighted by Gasteiger charge is 2.52. The summed E-state index contributed by atoms with van der Waals surface area (Å²) in [5, 5.41) is 10.2. The zero-order valence-corrected chi connectivity index (χ0v) is 12.0. The van der Waals surface area contributed by atoms with Crippen molar-refractivity contribution < 1.29 is 14.6 Å². The van der Waals surface area contributed by atoms with Gasteiger partial charge in [0.2, 0.25) is 5.43 Å². The SMILES string of the molecule is COc1c2n3c(cc1=O)C(O)CC3(C)C(C)N(C)C2=O. The smallest absolute Gasteiger partial charge is 0.274 e. The molecule has 20 heavy (non-hydrogen) atoms. The number of aliphatic hydroxyl groups excluding tert-OH is 1. The number of ether oxygens (including phenoxy) is 1. The number of likely N-dealkylation sites (N-methyl/N-ethyl adjacent to an activating group) is 1. The molecule has 1 amide bonds. The van der Waals surface area contributed by atoms with E-state index in [2.05, 4.69) is 0 Å². The Balaban J connectivity index is 2.45. The largest absolute Gasteiger partial charge is 0.491 e. The number of hydrogen-bond acceptors (Lipinski definition) is 4. The molecule has 0 bridgehead atoms. The van der Waals surface area contributed by atoms with E-state index in [0.717, 1.165) is 0 Å². The molecule has 2 aliphatic heterocycles. The molecule has 1 N–H and O–H groups in total. The number of amides is 1. The zero-order valence-electron chi connectivity index (χ0n) is 12.0. The van der Waals surface area contributed by atoms with Crippen LogP contribution in [0, 0.1) is 0 Å². The maximum absolute atomic E-state index is 12.5. The molecule has 2 aliphatic rings. The molecule has 3 unspecified atom stereocenters. The molecule has 1 aromatic heterocycles. The Morgan fingerprint density at radius 3 is 2.70 bits per heavy atom. The predicted molar refractivity (Wildman–Crippen MR) is 72.0 cm³/mol. The molecule has 3 heterocycles. The molecule has 0 saturated heterocycles. The second-order valence-corrected chi connectivity index (χ2v) is 5.82. The summed E-state index contributed by atoms with van der Waals surface area (Å²) in [6.45, 7) is 3.95.